The molecule has 24 heavy (non-hydrogen) atoms. The highest BCUT2D eigenvalue weighted by molar-refractivity contribution is 9.12. The summed E-state index contributed by atoms with van der Waals surface area (Å²) < 4.78 is 11.1. The Bertz CT molecular complexity index is 776. The van der Waals surface area contributed by atoms with E-state index in [4.69, 9.17) is 9.47 Å². The van der Waals surface area contributed by atoms with Gasteiger partial charge in [-0.05, 0) is 42.3 Å². The summed E-state index contributed by atoms with van der Waals surface area (Å²) in [7, 11) is 0. The first-order valence-electron chi connectivity index (χ1n) is 7.49. The molecule has 126 valence electrons. The van der Waals surface area contributed by atoms with Crippen molar-refractivity contribution in [2.24, 2.45) is 0 Å². The van der Waals surface area contributed by atoms with E-state index < -0.39 is 4.83 Å². The monoisotopic (exact) mass is 454 g/mol. The second-order valence-corrected chi connectivity index (χ2v) is 7.56. The number of rotatable bonds is 4. The van der Waals surface area contributed by atoms with Gasteiger partial charge in [-0.2, -0.15) is 0 Å². The number of benzene rings is 2. The number of hydrogen-bond acceptors (Lipinski definition) is 4. The number of Topliss-reactive ketones (excluding diaryl/α,β-unsaturated/α-hetero) is 1. The molecular weight excluding hydrogens is 440 g/mol. The lowest BCUT2D eigenvalue weighted by atomic mass is 10.0. The molecule has 0 spiro atoms. The van der Waals surface area contributed by atoms with Crippen molar-refractivity contribution >= 4 is 37.6 Å². The fourth-order valence-corrected chi connectivity index (χ4v) is 3.61. The second kappa shape index (κ2) is 7.15. The smallest absolute Gasteiger partial charge is 0.181 e. The molecule has 2 aromatic carbocycles. The summed E-state index contributed by atoms with van der Waals surface area (Å²) >= 11 is 7.02. The Balaban J connectivity index is 1.83. The van der Waals surface area contributed by atoms with Crippen LogP contribution in [0.15, 0.2) is 36.4 Å². The predicted molar refractivity (Wildman–Crippen MR) is 99.0 cm³/mol. The maximum absolute atomic E-state index is 12.7. The van der Waals surface area contributed by atoms with Crippen molar-refractivity contribution in [2.45, 2.75) is 16.6 Å². The van der Waals surface area contributed by atoms with Crippen molar-refractivity contribution < 1.29 is 19.4 Å². The minimum absolute atomic E-state index is 0.00803. The Kier molecular flexibility index (Phi) is 5.15. The van der Waals surface area contributed by atoms with Crippen LogP contribution in [0.3, 0.4) is 0 Å². The second-order valence-electron chi connectivity index (χ2n) is 5.59. The Hall–Kier alpha value is -1.53. The predicted octanol–water partition coefficient (Wildman–Crippen LogP) is 4.55. The summed E-state index contributed by atoms with van der Waals surface area (Å²) in [6.07, 6.45) is 0. The molecule has 0 bridgehead atoms. The molecule has 0 amide bonds. The number of carbonyl (C=O) groups excluding carboxylic acids is 1. The molecule has 3 rings (SSSR count). The maximum atomic E-state index is 12.7. The van der Waals surface area contributed by atoms with Gasteiger partial charge in [-0.15, -0.1) is 0 Å². The lowest BCUT2D eigenvalue weighted by Crippen LogP contribution is -2.20. The van der Waals surface area contributed by atoms with E-state index in [9.17, 15) is 9.90 Å². The van der Waals surface area contributed by atoms with Crippen LogP contribution in [-0.2, 0) is 0 Å². The average Bonchev–Trinajstić information content (AvgIpc) is 2.59. The number of ketones is 1. The fraction of sp³-hybridized carbons (Fsp3) is 0.278. The zero-order valence-corrected chi connectivity index (χ0v) is 16.1. The normalized spacial score (nSPS) is 15.6. The Morgan fingerprint density at radius 3 is 2.50 bits per heavy atom. The van der Waals surface area contributed by atoms with Gasteiger partial charge in [-0.1, -0.05) is 44.0 Å². The number of alkyl halides is 2. The molecule has 0 aliphatic carbocycles. The Labute approximate surface area is 157 Å². The highest BCUT2D eigenvalue weighted by Gasteiger charge is 2.28. The van der Waals surface area contributed by atoms with Gasteiger partial charge in [-0.25, -0.2) is 0 Å². The number of halogens is 2. The third-order valence-electron chi connectivity index (χ3n) is 3.81. The lowest BCUT2D eigenvalue weighted by molar-refractivity contribution is 0.0988. The van der Waals surface area contributed by atoms with Gasteiger partial charge in [0.2, 0.25) is 0 Å². The molecule has 0 aromatic heterocycles. The summed E-state index contributed by atoms with van der Waals surface area (Å²) in [6, 6.07) is 10.6. The van der Waals surface area contributed by atoms with E-state index in [0.29, 0.717) is 30.3 Å². The highest BCUT2D eigenvalue weighted by Crippen LogP contribution is 2.39. The van der Waals surface area contributed by atoms with Crippen molar-refractivity contribution in [2.75, 3.05) is 13.2 Å². The van der Waals surface area contributed by atoms with Crippen LogP contribution in [-0.4, -0.2) is 28.9 Å². The van der Waals surface area contributed by atoms with Gasteiger partial charge in [0.15, 0.2) is 17.3 Å². The number of hydrogen-bond donors (Lipinski definition) is 1. The summed E-state index contributed by atoms with van der Waals surface area (Å²) in [5, 5.41) is 10.0. The molecule has 0 fully saturated rings. The topological polar surface area (TPSA) is 55.8 Å². The Morgan fingerprint density at radius 2 is 1.79 bits per heavy atom. The van der Waals surface area contributed by atoms with Crippen LogP contribution in [0.2, 0.25) is 0 Å². The van der Waals surface area contributed by atoms with E-state index in [-0.39, 0.29) is 16.4 Å². The molecule has 0 saturated heterocycles. The number of ether oxygens (including phenoxy) is 2. The van der Waals surface area contributed by atoms with Gasteiger partial charge in [0.25, 0.3) is 0 Å². The van der Waals surface area contributed by atoms with Crippen LogP contribution in [0.5, 0.6) is 17.2 Å². The number of phenols is 1. The van der Waals surface area contributed by atoms with E-state index in [2.05, 4.69) is 31.9 Å². The third kappa shape index (κ3) is 3.44. The molecule has 1 N–H and O–H groups in total. The minimum Gasteiger partial charge on any atom is -0.507 e. The summed E-state index contributed by atoms with van der Waals surface area (Å²) in [4.78, 5) is 11.9. The molecule has 1 aliphatic rings. The van der Waals surface area contributed by atoms with Gasteiger partial charge in [0, 0.05) is 0 Å². The van der Waals surface area contributed by atoms with Gasteiger partial charge < -0.3 is 14.6 Å². The van der Waals surface area contributed by atoms with Crippen molar-refractivity contribution in [3.8, 4) is 17.2 Å². The number of carbonyl (C=O) groups is 1. The van der Waals surface area contributed by atoms with Crippen molar-refractivity contribution in [1.82, 2.24) is 0 Å². The van der Waals surface area contributed by atoms with Gasteiger partial charge in [0.1, 0.15) is 19.0 Å². The van der Waals surface area contributed by atoms with Crippen molar-refractivity contribution in [1.29, 1.82) is 0 Å². The standard InChI is InChI=1S/C18H16Br2O4/c1-10-2-4-12(13(21)8-10)18(22)17(20)16(19)11-3-5-14-15(9-11)24-7-6-23-14/h2-5,8-9,16-17,21H,6-7H2,1H3/t16-,17-/m1/s1. The first-order valence-corrected chi connectivity index (χ1v) is 9.32. The summed E-state index contributed by atoms with van der Waals surface area (Å²) in [6.45, 7) is 2.91. The van der Waals surface area contributed by atoms with Crippen molar-refractivity contribution in [3.05, 3.63) is 53.1 Å². The van der Waals surface area contributed by atoms with E-state index in [0.717, 1.165) is 11.1 Å². The molecule has 0 radical (unpaired) electrons. The van der Waals surface area contributed by atoms with Crippen LogP contribution >= 0.6 is 31.9 Å². The van der Waals surface area contributed by atoms with Crippen LogP contribution in [0.25, 0.3) is 0 Å². The van der Waals surface area contributed by atoms with Crippen LogP contribution in [0, 0.1) is 6.92 Å². The first-order chi connectivity index (χ1) is 11.5. The molecule has 0 unspecified atom stereocenters. The molecule has 1 aliphatic heterocycles. The fourth-order valence-electron chi connectivity index (χ4n) is 2.53. The average molecular weight is 456 g/mol. The molecular formula is C18H16Br2O4. The summed E-state index contributed by atoms with van der Waals surface area (Å²) in [5.41, 5.74) is 2.09. The van der Waals surface area contributed by atoms with E-state index in [1.807, 2.05) is 25.1 Å². The minimum atomic E-state index is -0.534. The van der Waals surface area contributed by atoms with E-state index in [1.54, 1.807) is 18.2 Å². The molecule has 2 atom stereocenters. The van der Waals surface area contributed by atoms with Crippen LogP contribution < -0.4 is 9.47 Å². The zero-order chi connectivity index (χ0) is 17.3. The van der Waals surface area contributed by atoms with Gasteiger partial charge in [-0.3, -0.25) is 4.79 Å². The molecule has 0 saturated carbocycles. The number of fused-ring (bicyclic) bond motifs is 1. The number of aromatic hydroxyl groups is 1. The molecule has 1 heterocycles. The molecule has 4 nitrogen and oxygen atoms in total. The zero-order valence-electron chi connectivity index (χ0n) is 13.0. The molecule has 6 heteroatoms. The van der Waals surface area contributed by atoms with Crippen LogP contribution in [0.4, 0.5) is 0 Å². The highest BCUT2D eigenvalue weighted by atomic mass is 79.9. The number of aryl methyl sites for hydroxylation is 1. The Morgan fingerprint density at radius 1 is 1.08 bits per heavy atom. The van der Waals surface area contributed by atoms with Gasteiger partial charge >= 0.3 is 0 Å². The maximum Gasteiger partial charge on any atom is 0.181 e. The number of phenolic OH excluding ortho intramolecular Hbond substituents is 1. The SMILES string of the molecule is Cc1ccc(C(=O)[C@H](Br)[C@H](Br)c2ccc3c(c2)OCCO3)c(O)c1. The largest absolute Gasteiger partial charge is 0.507 e. The lowest BCUT2D eigenvalue weighted by Gasteiger charge is -2.21. The van der Waals surface area contributed by atoms with Crippen LogP contribution in [0.1, 0.15) is 26.3 Å². The quantitative estimate of drug-likeness (QED) is 0.542. The third-order valence-corrected chi connectivity index (χ3v) is 6.52. The van der Waals surface area contributed by atoms with E-state index in [1.165, 1.54) is 0 Å². The first kappa shape index (κ1) is 17.3. The molecule has 2 aromatic rings. The summed E-state index contributed by atoms with van der Waals surface area (Å²) in [5.74, 6) is 1.18. The van der Waals surface area contributed by atoms with Gasteiger partial charge in [0.05, 0.1) is 15.2 Å². The van der Waals surface area contributed by atoms with Crippen molar-refractivity contribution in [3.63, 3.8) is 0 Å². The van der Waals surface area contributed by atoms with E-state index >= 15 is 0 Å².